The van der Waals surface area contributed by atoms with Crippen molar-refractivity contribution in [2.75, 3.05) is 19.8 Å². The summed E-state index contributed by atoms with van der Waals surface area (Å²) in [4.78, 5) is 21.7. The highest BCUT2D eigenvalue weighted by atomic mass is 16.6. The molecule has 4 atom stereocenters. The van der Waals surface area contributed by atoms with E-state index in [4.69, 9.17) is 19.7 Å². The maximum atomic E-state index is 11.3. The molecule has 0 radical (unpaired) electrons. The first-order valence-electron chi connectivity index (χ1n) is 6.78. The van der Waals surface area contributed by atoms with Gasteiger partial charge in [-0.1, -0.05) is 6.92 Å². The van der Waals surface area contributed by atoms with Crippen LogP contribution in [0.25, 0.3) is 0 Å². The second-order valence-corrected chi connectivity index (χ2v) is 4.68. The van der Waals surface area contributed by atoms with Gasteiger partial charge in [-0.05, 0) is 20.3 Å². The molecule has 21 heavy (non-hydrogen) atoms. The van der Waals surface area contributed by atoms with Gasteiger partial charge < -0.3 is 29.5 Å². The molecule has 0 aliphatic carbocycles. The van der Waals surface area contributed by atoms with E-state index in [9.17, 15) is 14.7 Å². The van der Waals surface area contributed by atoms with Gasteiger partial charge in [0, 0.05) is 6.61 Å². The van der Waals surface area contributed by atoms with Gasteiger partial charge in [0.05, 0.1) is 18.8 Å². The van der Waals surface area contributed by atoms with E-state index < -0.39 is 30.3 Å². The van der Waals surface area contributed by atoms with Gasteiger partial charge in [0.2, 0.25) is 0 Å². The Morgan fingerprint density at radius 3 is 2.10 bits per heavy atom. The molecular weight excluding hydrogens is 284 g/mol. The van der Waals surface area contributed by atoms with E-state index in [2.05, 4.69) is 4.74 Å². The van der Waals surface area contributed by atoms with Crippen LogP contribution in [0.15, 0.2) is 0 Å². The van der Waals surface area contributed by atoms with Crippen LogP contribution >= 0.6 is 0 Å². The maximum Gasteiger partial charge on any atom is 0.338 e. The zero-order chi connectivity index (χ0) is 16.4. The molecule has 0 aliphatic heterocycles. The highest BCUT2D eigenvalue weighted by Crippen LogP contribution is 2.02. The topological polar surface area (TPSA) is 123 Å². The Kier molecular flexibility index (Phi) is 9.89. The normalized spacial score (nSPS) is 16.8. The molecule has 0 fully saturated rings. The Morgan fingerprint density at radius 1 is 1.00 bits per heavy atom. The summed E-state index contributed by atoms with van der Waals surface area (Å²) < 4.78 is 15.4. The third-order valence-corrected chi connectivity index (χ3v) is 2.48. The quantitative estimate of drug-likeness (QED) is 0.439. The molecule has 0 amide bonds. The summed E-state index contributed by atoms with van der Waals surface area (Å²) in [6, 6.07) is 0. The van der Waals surface area contributed by atoms with E-state index in [1.807, 2.05) is 13.8 Å². The number of aliphatic hydroxyl groups is 2. The third-order valence-electron chi connectivity index (χ3n) is 2.48. The number of rotatable bonds is 11. The van der Waals surface area contributed by atoms with Crippen molar-refractivity contribution in [2.24, 2.45) is 0 Å². The minimum Gasteiger partial charge on any atom is -0.479 e. The lowest BCUT2D eigenvalue weighted by Crippen LogP contribution is -2.41. The first-order chi connectivity index (χ1) is 9.79. The lowest BCUT2D eigenvalue weighted by molar-refractivity contribution is -0.172. The molecule has 124 valence electrons. The fourth-order valence-electron chi connectivity index (χ4n) is 1.26. The predicted molar refractivity (Wildman–Crippen MR) is 71.7 cm³/mol. The molecule has 0 saturated carbocycles. The molecule has 4 unspecified atom stereocenters. The zero-order valence-corrected chi connectivity index (χ0v) is 12.5. The number of carbonyl (C=O) groups excluding carboxylic acids is 1. The standard InChI is InChI=1S/C13H24O8/c1-4-5-19-8(2)6-20-9(3)7-21-13(18)11(15)10(14)12(16)17/h8-11,14-15H,4-7H2,1-3H3,(H,16,17). The summed E-state index contributed by atoms with van der Waals surface area (Å²) in [6.07, 6.45) is -3.97. The number of carbonyl (C=O) groups is 2. The van der Waals surface area contributed by atoms with E-state index in [0.29, 0.717) is 13.2 Å². The second kappa shape index (κ2) is 10.5. The van der Waals surface area contributed by atoms with Crippen molar-refractivity contribution in [3.63, 3.8) is 0 Å². The van der Waals surface area contributed by atoms with Crippen molar-refractivity contribution < 1.29 is 39.1 Å². The van der Waals surface area contributed by atoms with Crippen LogP contribution in [0.3, 0.4) is 0 Å². The van der Waals surface area contributed by atoms with Crippen molar-refractivity contribution in [1.29, 1.82) is 0 Å². The summed E-state index contributed by atoms with van der Waals surface area (Å²) >= 11 is 0. The SMILES string of the molecule is CCCOC(C)COC(C)COC(=O)C(O)C(O)C(=O)O. The number of carboxylic acids is 1. The van der Waals surface area contributed by atoms with Crippen LogP contribution in [0.1, 0.15) is 27.2 Å². The fraction of sp³-hybridized carbons (Fsp3) is 0.846. The van der Waals surface area contributed by atoms with E-state index in [0.717, 1.165) is 6.42 Å². The smallest absolute Gasteiger partial charge is 0.338 e. The van der Waals surface area contributed by atoms with Crippen molar-refractivity contribution in [3.05, 3.63) is 0 Å². The van der Waals surface area contributed by atoms with Gasteiger partial charge in [-0.25, -0.2) is 9.59 Å². The van der Waals surface area contributed by atoms with Gasteiger partial charge in [-0.3, -0.25) is 0 Å². The second-order valence-electron chi connectivity index (χ2n) is 4.68. The number of ether oxygens (including phenoxy) is 3. The molecule has 0 bridgehead atoms. The Balaban J connectivity index is 3.94. The Morgan fingerprint density at radius 2 is 1.57 bits per heavy atom. The van der Waals surface area contributed by atoms with E-state index in [1.54, 1.807) is 6.92 Å². The first kappa shape index (κ1) is 19.8. The molecule has 0 aliphatic rings. The maximum absolute atomic E-state index is 11.3. The molecule has 8 heteroatoms. The van der Waals surface area contributed by atoms with Crippen LogP contribution in [0.2, 0.25) is 0 Å². The van der Waals surface area contributed by atoms with Crippen molar-refractivity contribution in [3.8, 4) is 0 Å². The molecule has 0 spiro atoms. The molecule has 8 nitrogen and oxygen atoms in total. The molecule has 0 saturated heterocycles. The molecule has 3 N–H and O–H groups in total. The van der Waals surface area contributed by atoms with E-state index in [1.165, 1.54) is 0 Å². The zero-order valence-electron chi connectivity index (χ0n) is 12.5. The van der Waals surface area contributed by atoms with Crippen LogP contribution in [0.4, 0.5) is 0 Å². The Hall–Kier alpha value is -1.22. The van der Waals surface area contributed by atoms with Gasteiger partial charge in [-0.2, -0.15) is 0 Å². The van der Waals surface area contributed by atoms with Crippen LogP contribution in [0, 0.1) is 0 Å². The Bertz CT molecular complexity index is 319. The summed E-state index contributed by atoms with van der Waals surface area (Å²) in [5.74, 6) is -2.92. The summed E-state index contributed by atoms with van der Waals surface area (Å²) in [5, 5.41) is 26.6. The van der Waals surface area contributed by atoms with Crippen molar-refractivity contribution in [1.82, 2.24) is 0 Å². The Labute approximate surface area is 123 Å². The number of esters is 1. The fourth-order valence-corrected chi connectivity index (χ4v) is 1.26. The molecule has 0 rings (SSSR count). The number of hydrogen-bond acceptors (Lipinski definition) is 7. The predicted octanol–water partition coefficient (Wildman–Crippen LogP) is -0.444. The average molecular weight is 308 g/mol. The molecule has 0 aromatic heterocycles. The van der Waals surface area contributed by atoms with Crippen LogP contribution in [-0.2, 0) is 23.8 Å². The lowest BCUT2D eigenvalue weighted by atomic mass is 10.2. The number of aliphatic hydroxyl groups excluding tert-OH is 2. The van der Waals surface area contributed by atoms with E-state index >= 15 is 0 Å². The van der Waals surface area contributed by atoms with Gasteiger partial charge in [0.15, 0.2) is 12.2 Å². The van der Waals surface area contributed by atoms with Crippen LogP contribution in [-0.4, -0.2) is 71.5 Å². The van der Waals surface area contributed by atoms with Gasteiger partial charge in [0.1, 0.15) is 6.61 Å². The van der Waals surface area contributed by atoms with Crippen LogP contribution in [0.5, 0.6) is 0 Å². The minimum absolute atomic E-state index is 0.0949. The summed E-state index contributed by atoms with van der Waals surface area (Å²) in [7, 11) is 0. The molecule has 0 aromatic rings. The molecule has 0 aromatic carbocycles. The largest absolute Gasteiger partial charge is 0.479 e. The molecular formula is C13H24O8. The van der Waals surface area contributed by atoms with Gasteiger partial charge in [0.25, 0.3) is 0 Å². The monoisotopic (exact) mass is 308 g/mol. The minimum atomic E-state index is -2.21. The highest BCUT2D eigenvalue weighted by Gasteiger charge is 2.31. The first-order valence-corrected chi connectivity index (χ1v) is 6.78. The number of hydrogen-bond donors (Lipinski definition) is 3. The number of carboxylic acid groups (broad SMARTS) is 1. The summed E-state index contributed by atoms with van der Waals surface area (Å²) in [6.45, 7) is 6.28. The molecule has 0 heterocycles. The van der Waals surface area contributed by atoms with E-state index in [-0.39, 0.29) is 12.7 Å². The third kappa shape index (κ3) is 8.61. The lowest BCUT2D eigenvalue weighted by Gasteiger charge is -2.19. The van der Waals surface area contributed by atoms with Crippen molar-refractivity contribution >= 4 is 11.9 Å². The highest BCUT2D eigenvalue weighted by molar-refractivity contribution is 5.84. The average Bonchev–Trinajstić information content (AvgIpc) is 2.46. The van der Waals surface area contributed by atoms with Crippen LogP contribution < -0.4 is 0 Å². The van der Waals surface area contributed by atoms with Crippen molar-refractivity contribution in [2.45, 2.75) is 51.6 Å². The van der Waals surface area contributed by atoms with Gasteiger partial charge in [-0.15, -0.1) is 0 Å². The summed E-state index contributed by atoms with van der Waals surface area (Å²) in [5.41, 5.74) is 0. The van der Waals surface area contributed by atoms with Gasteiger partial charge >= 0.3 is 11.9 Å². The number of aliphatic carboxylic acids is 1.